The van der Waals surface area contributed by atoms with Crippen LogP contribution in [-0.4, -0.2) is 34.4 Å². The van der Waals surface area contributed by atoms with Crippen LogP contribution in [0.5, 0.6) is 5.75 Å². The molecule has 0 radical (unpaired) electrons. The number of amides is 1. The van der Waals surface area contributed by atoms with Gasteiger partial charge in [-0.3, -0.25) is 4.79 Å². The van der Waals surface area contributed by atoms with E-state index in [0.717, 1.165) is 5.56 Å². The van der Waals surface area contributed by atoms with E-state index in [1.807, 2.05) is 0 Å². The van der Waals surface area contributed by atoms with Gasteiger partial charge in [-0.05, 0) is 72.1 Å². The van der Waals surface area contributed by atoms with E-state index in [9.17, 15) is 14.7 Å². The van der Waals surface area contributed by atoms with Crippen molar-refractivity contribution in [2.45, 2.75) is 78.0 Å². The average molecular weight is 380 g/mol. The maximum Gasteiger partial charge on any atom is 0.407 e. The van der Waals surface area contributed by atoms with Crippen LogP contribution in [0.3, 0.4) is 0 Å². The zero-order valence-corrected chi connectivity index (χ0v) is 17.1. The van der Waals surface area contributed by atoms with Crippen LogP contribution in [0, 0.1) is 0 Å². The number of nitrogen functional groups attached to an aromatic ring is 1. The number of carbonyl (C=O) groups excluding carboxylic acids is 2. The Hall–Kier alpha value is -2.44. The predicted molar refractivity (Wildman–Crippen MR) is 104 cm³/mol. The summed E-state index contributed by atoms with van der Waals surface area (Å²) in [5.41, 5.74) is 5.64. The highest BCUT2D eigenvalue weighted by molar-refractivity contribution is 5.70. The molecule has 7 heteroatoms. The van der Waals surface area contributed by atoms with Crippen molar-refractivity contribution in [1.29, 1.82) is 0 Å². The van der Waals surface area contributed by atoms with E-state index in [1.165, 1.54) is 6.07 Å². The van der Waals surface area contributed by atoms with Gasteiger partial charge in [0.25, 0.3) is 0 Å². The minimum Gasteiger partial charge on any atom is -0.506 e. The lowest BCUT2D eigenvalue weighted by atomic mass is 10.0. The Kier molecular flexibility index (Phi) is 7.51. The normalized spacial score (nSPS) is 13.0. The van der Waals surface area contributed by atoms with Gasteiger partial charge < -0.3 is 25.6 Å². The van der Waals surface area contributed by atoms with Gasteiger partial charge in [-0.15, -0.1) is 0 Å². The zero-order valence-electron chi connectivity index (χ0n) is 17.1. The van der Waals surface area contributed by atoms with Crippen LogP contribution in [-0.2, 0) is 20.7 Å². The van der Waals surface area contributed by atoms with Crippen molar-refractivity contribution in [1.82, 2.24) is 5.32 Å². The van der Waals surface area contributed by atoms with Crippen LogP contribution < -0.4 is 11.1 Å². The third-order valence-corrected chi connectivity index (χ3v) is 3.41. The second kappa shape index (κ2) is 8.97. The lowest BCUT2D eigenvalue weighted by molar-refractivity contribution is -0.155. The van der Waals surface area contributed by atoms with Crippen LogP contribution in [0.2, 0.25) is 0 Å². The van der Waals surface area contributed by atoms with Gasteiger partial charge in [-0.2, -0.15) is 0 Å². The average Bonchev–Trinajstić information content (AvgIpc) is 2.45. The van der Waals surface area contributed by atoms with E-state index in [4.69, 9.17) is 15.2 Å². The van der Waals surface area contributed by atoms with E-state index in [-0.39, 0.29) is 29.9 Å². The highest BCUT2D eigenvalue weighted by Crippen LogP contribution is 2.22. The molecule has 1 atom stereocenters. The van der Waals surface area contributed by atoms with E-state index >= 15 is 0 Å². The molecule has 0 saturated carbocycles. The molecule has 0 saturated heterocycles. The second-order valence-corrected chi connectivity index (χ2v) is 8.57. The number of anilines is 1. The monoisotopic (exact) mass is 380 g/mol. The first-order chi connectivity index (χ1) is 12.2. The second-order valence-electron chi connectivity index (χ2n) is 8.57. The minimum atomic E-state index is -0.622. The molecule has 0 heterocycles. The summed E-state index contributed by atoms with van der Waals surface area (Å²) in [5, 5.41) is 12.4. The number of phenols is 1. The number of nitrogens with one attached hydrogen (secondary N) is 1. The van der Waals surface area contributed by atoms with Gasteiger partial charge >= 0.3 is 12.1 Å². The Morgan fingerprint density at radius 3 is 2.22 bits per heavy atom. The molecule has 7 nitrogen and oxygen atoms in total. The van der Waals surface area contributed by atoms with Crippen molar-refractivity contribution >= 4 is 17.7 Å². The quantitative estimate of drug-likeness (QED) is 0.395. The number of hydrogen-bond acceptors (Lipinski definition) is 6. The van der Waals surface area contributed by atoms with E-state index < -0.39 is 17.3 Å². The molecule has 0 aliphatic rings. The molecular weight excluding hydrogens is 348 g/mol. The molecular formula is C20H32N2O5. The maximum absolute atomic E-state index is 12.1. The molecule has 1 rings (SSSR count). The first-order valence-corrected chi connectivity index (χ1v) is 9.04. The summed E-state index contributed by atoms with van der Waals surface area (Å²) in [5.74, 6) is -0.326. The fraction of sp³-hybridized carbons (Fsp3) is 0.600. The van der Waals surface area contributed by atoms with Crippen molar-refractivity contribution < 1.29 is 24.2 Å². The van der Waals surface area contributed by atoms with Crippen LogP contribution >= 0.6 is 0 Å². The van der Waals surface area contributed by atoms with Crippen molar-refractivity contribution in [3.05, 3.63) is 23.8 Å². The third kappa shape index (κ3) is 9.72. The Balaban J connectivity index is 2.80. The summed E-state index contributed by atoms with van der Waals surface area (Å²) >= 11 is 0. The Morgan fingerprint density at radius 2 is 1.70 bits per heavy atom. The molecule has 1 amide bonds. The van der Waals surface area contributed by atoms with E-state index in [2.05, 4.69) is 5.32 Å². The molecule has 0 aliphatic carbocycles. The van der Waals surface area contributed by atoms with Crippen LogP contribution in [0.25, 0.3) is 0 Å². The van der Waals surface area contributed by atoms with Gasteiger partial charge in [0.05, 0.1) is 5.69 Å². The molecule has 0 fully saturated rings. The number of ether oxygens (including phenoxy) is 2. The van der Waals surface area contributed by atoms with Gasteiger partial charge in [0.2, 0.25) is 0 Å². The van der Waals surface area contributed by atoms with Crippen LogP contribution in [0.15, 0.2) is 18.2 Å². The topological polar surface area (TPSA) is 111 Å². The smallest absolute Gasteiger partial charge is 0.407 e. The number of carbonyl (C=O) groups is 2. The molecule has 0 bridgehead atoms. The van der Waals surface area contributed by atoms with Crippen molar-refractivity contribution in [3.63, 3.8) is 0 Å². The van der Waals surface area contributed by atoms with E-state index in [1.54, 1.807) is 53.7 Å². The number of phenolic OH excluding ortho intramolecular Hbond substituents is 1. The molecule has 0 aliphatic heterocycles. The summed E-state index contributed by atoms with van der Waals surface area (Å²) in [7, 11) is 0. The summed E-state index contributed by atoms with van der Waals surface area (Å²) in [6, 6.07) is 4.52. The minimum absolute atomic E-state index is 0.00385. The fourth-order valence-corrected chi connectivity index (χ4v) is 2.40. The molecule has 4 N–H and O–H groups in total. The van der Waals surface area contributed by atoms with Crippen LogP contribution in [0.1, 0.15) is 59.9 Å². The Morgan fingerprint density at radius 1 is 1.11 bits per heavy atom. The predicted octanol–water partition coefficient (Wildman–Crippen LogP) is 3.53. The summed E-state index contributed by atoms with van der Waals surface area (Å²) in [6.07, 6.45) is 0.427. The Labute approximate surface area is 161 Å². The first-order valence-electron chi connectivity index (χ1n) is 9.04. The standard InChI is InChI=1S/C20H32N2O5/c1-19(2,3)26-17(24)10-8-14(22-18(25)27-20(4,5)6)11-13-7-9-16(23)15(21)12-13/h7,9,12,14,23H,8,10-11,21H2,1-6H3,(H,22,25)/t14-/m1/s1. The fourth-order valence-electron chi connectivity index (χ4n) is 2.40. The number of rotatable bonds is 6. The number of nitrogens with two attached hydrogens (primary N) is 1. The highest BCUT2D eigenvalue weighted by atomic mass is 16.6. The third-order valence-electron chi connectivity index (χ3n) is 3.41. The molecule has 1 aromatic carbocycles. The number of aromatic hydroxyl groups is 1. The van der Waals surface area contributed by atoms with Gasteiger partial charge in [0.1, 0.15) is 17.0 Å². The largest absolute Gasteiger partial charge is 0.506 e. The first kappa shape index (κ1) is 22.6. The van der Waals surface area contributed by atoms with Gasteiger partial charge in [0, 0.05) is 12.5 Å². The van der Waals surface area contributed by atoms with Crippen molar-refractivity contribution in [2.75, 3.05) is 5.73 Å². The van der Waals surface area contributed by atoms with Gasteiger partial charge in [0.15, 0.2) is 0 Å². The summed E-state index contributed by atoms with van der Waals surface area (Å²) < 4.78 is 10.6. The number of benzene rings is 1. The molecule has 0 spiro atoms. The molecule has 0 aromatic heterocycles. The molecule has 152 valence electrons. The van der Waals surface area contributed by atoms with Crippen LogP contribution in [0.4, 0.5) is 10.5 Å². The Bertz CT molecular complexity index is 659. The molecule has 0 unspecified atom stereocenters. The van der Waals surface area contributed by atoms with E-state index in [0.29, 0.717) is 12.8 Å². The summed E-state index contributed by atoms with van der Waals surface area (Å²) in [4.78, 5) is 24.1. The van der Waals surface area contributed by atoms with Gasteiger partial charge in [-0.25, -0.2) is 4.79 Å². The molecule has 27 heavy (non-hydrogen) atoms. The summed E-state index contributed by atoms with van der Waals surface area (Å²) in [6.45, 7) is 10.8. The zero-order chi connectivity index (χ0) is 20.8. The lowest BCUT2D eigenvalue weighted by Gasteiger charge is -2.24. The maximum atomic E-state index is 12.1. The number of esters is 1. The van der Waals surface area contributed by atoms with Gasteiger partial charge in [-0.1, -0.05) is 6.07 Å². The van der Waals surface area contributed by atoms with Crippen molar-refractivity contribution in [2.24, 2.45) is 0 Å². The highest BCUT2D eigenvalue weighted by Gasteiger charge is 2.22. The lowest BCUT2D eigenvalue weighted by Crippen LogP contribution is -2.40. The van der Waals surface area contributed by atoms with Crippen molar-refractivity contribution in [3.8, 4) is 5.75 Å². The number of hydrogen-bond donors (Lipinski definition) is 3. The number of alkyl carbamates (subject to hydrolysis) is 1. The molecule has 1 aromatic rings. The SMILES string of the molecule is CC(C)(C)OC(=O)CC[C@H](Cc1ccc(O)c(N)c1)NC(=O)OC(C)(C)C.